The van der Waals surface area contributed by atoms with E-state index in [0.29, 0.717) is 0 Å². The predicted molar refractivity (Wildman–Crippen MR) is 241 cm³/mol. The average molecular weight is 743 g/mol. The minimum atomic E-state index is 0.861. The molecular weight excluding hydrogens is 709 g/mol. The first kappa shape index (κ1) is 32.4. The summed E-state index contributed by atoms with van der Waals surface area (Å²) < 4.78 is 15.0. The SMILES string of the molecule is c1ccc(-n2c3ccc(-c4ccc(N(c5ccc(-c6cccc7ccccc67)cc5)c5ccc6oc7ccccc7c6c5)cc4)cc3c3c4ccccc4oc32)cc1. The van der Waals surface area contributed by atoms with E-state index in [-0.39, 0.29) is 0 Å². The summed E-state index contributed by atoms with van der Waals surface area (Å²) in [6, 6.07) is 73.3. The van der Waals surface area contributed by atoms with Crippen molar-refractivity contribution in [2.75, 3.05) is 4.90 Å². The summed E-state index contributed by atoms with van der Waals surface area (Å²) in [5.41, 5.74) is 13.6. The van der Waals surface area contributed by atoms with Crippen molar-refractivity contribution in [3.63, 3.8) is 0 Å². The van der Waals surface area contributed by atoms with E-state index in [2.05, 4.69) is 191 Å². The van der Waals surface area contributed by atoms with Crippen LogP contribution in [0.3, 0.4) is 0 Å². The summed E-state index contributed by atoms with van der Waals surface area (Å²) in [5, 5.41) is 8.11. The molecule has 4 heteroatoms. The van der Waals surface area contributed by atoms with Gasteiger partial charge in [-0.05, 0) is 112 Å². The normalized spacial score (nSPS) is 11.8. The highest BCUT2D eigenvalue weighted by Crippen LogP contribution is 2.43. The molecule has 0 atom stereocenters. The zero-order valence-electron chi connectivity index (χ0n) is 31.3. The van der Waals surface area contributed by atoms with Gasteiger partial charge in [0, 0.05) is 44.3 Å². The summed E-state index contributed by atoms with van der Waals surface area (Å²) in [6.07, 6.45) is 0. The second-order valence-corrected chi connectivity index (χ2v) is 14.9. The molecule has 0 spiro atoms. The van der Waals surface area contributed by atoms with Crippen LogP contribution in [0.25, 0.3) is 93.6 Å². The zero-order valence-corrected chi connectivity index (χ0v) is 31.3. The molecule has 0 saturated heterocycles. The molecule has 0 aliphatic heterocycles. The fourth-order valence-corrected chi connectivity index (χ4v) is 8.87. The summed E-state index contributed by atoms with van der Waals surface area (Å²) in [4.78, 5) is 2.34. The van der Waals surface area contributed by atoms with Gasteiger partial charge in [0.25, 0.3) is 0 Å². The number of hydrogen-bond donors (Lipinski definition) is 0. The largest absolute Gasteiger partial charge is 0.456 e. The molecule has 0 fully saturated rings. The van der Waals surface area contributed by atoms with E-state index >= 15 is 0 Å². The lowest BCUT2D eigenvalue weighted by Crippen LogP contribution is -2.09. The second kappa shape index (κ2) is 12.9. The Kier molecular flexibility index (Phi) is 7.20. The van der Waals surface area contributed by atoms with E-state index in [9.17, 15) is 0 Å². The Morgan fingerprint density at radius 2 is 0.966 bits per heavy atom. The molecule has 12 rings (SSSR count). The van der Waals surface area contributed by atoms with Crippen LogP contribution in [0.1, 0.15) is 0 Å². The second-order valence-electron chi connectivity index (χ2n) is 14.9. The molecule has 9 aromatic carbocycles. The molecule has 0 aliphatic rings. The maximum absolute atomic E-state index is 6.54. The molecule has 0 unspecified atom stereocenters. The van der Waals surface area contributed by atoms with Crippen LogP contribution >= 0.6 is 0 Å². The average Bonchev–Trinajstić information content (AvgIpc) is 3.95. The number of benzene rings is 9. The van der Waals surface area contributed by atoms with Crippen LogP contribution in [-0.4, -0.2) is 4.57 Å². The van der Waals surface area contributed by atoms with E-state index in [1.165, 1.54) is 27.3 Å². The molecule has 0 aliphatic carbocycles. The van der Waals surface area contributed by atoms with Crippen molar-refractivity contribution in [2.24, 2.45) is 0 Å². The highest BCUT2D eigenvalue weighted by atomic mass is 16.3. The van der Waals surface area contributed by atoms with E-state index in [4.69, 9.17) is 8.83 Å². The number of para-hydroxylation sites is 3. The molecule has 0 N–H and O–H groups in total. The Balaban J connectivity index is 0.982. The number of rotatable bonds is 6. The van der Waals surface area contributed by atoms with Gasteiger partial charge in [-0.15, -0.1) is 0 Å². The highest BCUT2D eigenvalue weighted by Gasteiger charge is 2.21. The Morgan fingerprint density at radius 1 is 0.362 bits per heavy atom. The van der Waals surface area contributed by atoms with Gasteiger partial charge in [0.2, 0.25) is 5.71 Å². The molecule has 3 heterocycles. The maximum atomic E-state index is 6.54. The summed E-state index contributed by atoms with van der Waals surface area (Å²) in [7, 11) is 0. The first-order valence-corrected chi connectivity index (χ1v) is 19.7. The lowest BCUT2D eigenvalue weighted by molar-refractivity contribution is 0.645. The lowest BCUT2D eigenvalue weighted by atomic mass is 9.98. The third kappa shape index (κ3) is 5.09. The van der Waals surface area contributed by atoms with Crippen LogP contribution in [-0.2, 0) is 0 Å². The topological polar surface area (TPSA) is 34.5 Å². The monoisotopic (exact) mass is 742 g/mol. The fourth-order valence-electron chi connectivity index (χ4n) is 8.87. The van der Waals surface area contributed by atoms with Crippen LogP contribution < -0.4 is 4.90 Å². The van der Waals surface area contributed by atoms with Crippen molar-refractivity contribution in [3.8, 4) is 27.9 Å². The Labute approximate surface area is 334 Å². The van der Waals surface area contributed by atoms with Gasteiger partial charge in [0.15, 0.2) is 0 Å². The molecule has 0 radical (unpaired) electrons. The quantitative estimate of drug-likeness (QED) is 0.170. The molecule has 0 bridgehead atoms. The summed E-state index contributed by atoms with van der Waals surface area (Å²) in [5.74, 6) is 0. The van der Waals surface area contributed by atoms with Crippen molar-refractivity contribution in [1.82, 2.24) is 4.57 Å². The van der Waals surface area contributed by atoms with Crippen LogP contribution in [0.2, 0.25) is 0 Å². The molecule has 12 aromatic rings. The molecule has 3 aromatic heterocycles. The standard InChI is InChI=1S/C54H34N2O2/c1-2-13-39(14-3-1)56-49-31-25-38(33-48(49)53-46-17-7-9-20-51(46)58-54(53)56)35-21-26-40(27-22-35)55(42-30-32-52-47(34-42)45-16-6-8-19-50(45)57-52)41-28-23-37(24-29-41)44-18-10-12-36-11-4-5-15-43(36)44/h1-34H. The minimum absolute atomic E-state index is 0.861. The molecule has 272 valence electrons. The smallest absolute Gasteiger partial charge is 0.213 e. The Hall–Kier alpha value is -7.82. The Bertz CT molecular complexity index is 3490. The van der Waals surface area contributed by atoms with Gasteiger partial charge >= 0.3 is 0 Å². The lowest BCUT2D eigenvalue weighted by Gasteiger charge is -2.26. The summed E-state index contributed by atoms with van der Waals surface area (Å²) in [6.45, 7) is 0. The third-order valence-electron chi connectivity index (χ3n) is 11.6. The summed E-state index contributed by atoms with van der Waals surface area (Å²) >= 11 is 0. The third-order valence-corrected chi connectivity index (χ3v) is 11.6. The first-order chi connectivity index (χ1) is 28.7. The van der Waals surface area contributed by atoms with Crippen LogP contribution in [0.15, 0.2) is 215 Å². The van der Waals surface area contributed by atoms with Crippen molar-refractivity contribution >= 4 is 82.7 Å². The van der Waals surface area contributed by atoms with E-state index in [1.807, 2.05) is 24.3 Å². The van der Waals surface area contributed by atoms with Gasteiger partial charge in [-0.25, -0.2) is 0 Å². The number of fused-ring (bicyclic) bond motifs is 9. The van der Waals surface area contributed by atoms with Gasteiger partial charge in [-0.2, -0.15) is 0 Å². The predicted octanol–water partition coefficient (Wildman–Crippen LogP) is 15.4. The molecule has 4 nitrogen and oxygen atoms in total. The van der Waals surface area contributed by atoms with Gasteiger partial charge in [-0.1, -0.05) is 127 Å². The molecule has 0 amide bonds. The van der Waals surface area contributed by atoms with Crippen molar-refractivity contribution in [2.45, 2.75) is 0 Å². The molecule has 58 heavy (non-hydrogen) atoms. The van der Waals surface area contributed by atoms with Gasteiger partial charge in [0.05, 0.1) is 10.9 Å². The number of aromatic nitrogens is 1. The number of nitrogens with zero attached hydrogens (tertiary/aromatic N) is 2. The fraction of sp³-hybridized carbons (Fsp3) is 0. The Morgan fingerprint density at radius 3 is 1.76 bits per heavy atom. The van der Waals surface area contributed by atoms with E-state index in [0.717, 1.165) is 83.4 Å². The van der Waals surface area contributed by atoms with E-state index < -0.39 is 0 Å². The maximum Gasteiger partial charge on any atom is 0.213 e. The van der Waals surface area contributed by atoms with Crippen LogP contribution in [0.5, 0.6) is 0 Å². The molecule has 0 saturated carbocycles. The minimum Gasteiger partial charge on any atom is -0.456 e. The van der Waals surface area contributed by atoms with Gasteiger partial charge in [0.1, 0.15) is 16.7 Å². The van der Waals surface area contributed by atoms with Crippen LogP contribution in [0.4, 0.5) is 17.1 Å². The van der Waals surface area contributed by atoms with E-state index in [1.54, 1.807) is 0 Å². The first-order valence-electron chi connectivity index (χ1n) is 19.7. The van der Waals surface area contributed by atoms with Crippen molar-refractivity contribution < 1.29 is 8.83 Å². The number of hydrogen-bond acceptors (Lipinski definition) is 3. The van der Waals surface area contributed by atoms with Gasteiger partial charge in [-0.3, -0.25) is 4.57 Å². The zero-order chi connectivity index (χ0) is 38.2. The molecular formula is C54H34N2O2. The van der Waals surface area contributed by atoms with Crippen LogP contribution in [0, 0.1) is 0 Å². The van der Waals surface area contributed by atoms with Crippen molar-refractivity contribution in [3.05, 3.63) is 206 Å². The number of anilines is 3. The highest BCUT2D eigenvalue weighted by molar-refractivity contribution is 6.20. The number of furan rings is 2. The van der Waals surface area contributed by atoms with Crippen molar-refractivity contribution in [1.29, 1.82) is 0 Å². The van der Waals surface area contributed by atoms with Gasteiger partial charge < -0.3 is 13.7 Å².